The summed E-state index contributed by atoms with van der Waals surface area (Å²) >= 11 is 0. The topological polar surface area (TPSA) is 53.6 Å². The molecule has 0 saturated heterocycles. The van der Waals surface area contributed by atoms with Gasteiger partial charge in [-0.25, -0.2) is 11.3 Å². The summed E-state index contributed by atoms with van der Waals surface area (Å²) in [6.45, 7) is 0.569. The van der Waals surface area contributed by atoms with Gasteiger partial charge in [-0.1, -0.05) is 5.01 Å². The quantitative estimate of drug-likeness (QED) is 0.279. The van der Waals surface area contributed by atoms with Crippen molar-refractivity contribution in [3.05, 3.63) is 0 Å². The highest BCUT2D eigenvalue weighted by molar-refractivity contribution is 5.54. The summed E-state index contributed by atoms with van der Waals surface area (Å²) in [6, 6.07) is 0. The van der Waals surface area contributed by atoms with E-state index in [9.17, 15) is 0 Å². The maximum atomic E-state index is 5.10. The van der Waals surface area contributed by atoms with Crippen LogP contribution in [0.4, 0.5) is 0 Å². The van der Waals surface area contributed by atoms with Gasteiger partial charge in [0.05, 0.1) is 0 Å². The SMILES string of the molecule is NN1[C+]=NNC1. The molecule has 0 atom stereocenters. The Bertz CT molecular complexity index is 67.9. The van der Waals surface area contributed by atoms with Crippen LogP contribution in [0.25, 0.3) is 0 Å². The first kappa shape index (κ1) is 3.33. The molecule has 1 aliphatic rings. The average Bonchev–Trinajstić information content (AvgIpc) is 1.86. The van der Waals surface area contributed by atoms with Gasteiger partial charge in [-0.3, -0.25) is 0 Å². The van der Waals surface area contributed by atoms with Crippen LogP contribution in [0.3, 0.4) is 0 Å². The second-order valence-electron chi connectivity index (χ2n) is 0.998. The summed E-state index contributed by atoms with van der Waals surface area (Å²) in [7, 11) is 0. The number of nitrogens with two attached hydrogens (primary N) is 1. The van der Waals surface area contributed by atoms with Gasteiger partial charge in [0.15, 0.2) is 6.67 Å². The van der Waals surface area contributed by atoms with E-state index in [1.807, 2.05) is 0 Å². The van der Waals surface area contributed by atoms with Gasteiger partial charge in [-0.2, -0.15) is 0 Å². The highest BCUT2D eigenvalue weighted by Gasteiger charge is 2.13. The molecule has 0 bridgehead atoms. The number of hydrogen-bond acceptors (Lipinski definition) is 4. The van der Waals surface area contributed by atoms with Crippen LogP contribution in [0.2, 0.25) is 0 Å². The monoisotopic (exact) mass is 85.1 g/mol. The summed E-state index contributed by atoms with van der Waals surface area (Å²) in [5, 5.41) is 4.80. The van der Waals surface area contributed by atoms with E-state index < -0.39 is 0 Å². The Balaban J connectivity index is 2.38. The molecule has 4 heteroatoms. The summed E-state index contributed by atoms with van der Waals surface area (Å²) in [4.78, 5) is 0. The lowest BCUT2D eigenvalue weighted by atomic mass is 11.0. The number of hydrazone groups is 1. The zero-order valence-corrected chi connectivity index (χ0v) is 3.18. The number of rotatable bonds is 0. The van der Waals surface area contributed by atoms with Crippen LogP contribution in [0.15, 0.2) is 5.10 Å². The predicted molar refractivity (Wildman–Crippen MR) is 21.5 cm³/mol. The van der Waals surface area contributed by atoms with Crippen LogP contribution in [0.5, 0.6) is 0 Å². The molecule has 0 unspecified atom stereocenters. The van der Waals surface area contributed by atoms with Crippen molar-refractivity contribution in [2.45, 2.75) is 0 Å². The van der Waals surface area contributed by atoms with E-state index in [2.05, 4.69) is 16.9 Å². The van der Waals surface area contributed by atoms with E-state index in [1.165, 1.54) is 5.01 Å². The fourth-order valence-electron chi connectivity index (χ4n) is 0.246. The molecule has 0 aromatic carbocycles. The Kier molecular flexibility index (Phi) is 0.602. The molecule has 3 N–H and O–H groups in total. The lowest BCUT2D eigenvalue weighted by Crippen LogP contribution is -2.29. The van der Waals surface area contributed by atoms with Crippen molar-refractivity contribution in [3.8, 4) is 0 Å². The van der Waals surface area contributed by atoms with Gasteiger partial charge in [0.2, 0.25) is 0 Å². The zero-order chi connectivity index (χ0) is 4.41. The molecular weight excluding hydrogens is 80.0 g/mol. The van der Waals surface area contributed by atoms with E-state index in [0.29, 0.717) is 6.67 Å². The normalized spacial score (nSPS) is 17.2. The molecule has 0 amide bonds. The Morgan fingerprint density at radius 2 is 2.83 bits per heavy atom. The van der Waals surface area contributed by atoms with Gasteiger partial charge in [-0.05, 0) is 0 Å². The number of nitrogens with zero attached hydrogens (tertiary/aromatic N) is 2. The second-order valence-corrected chi connectivity index (χ2v) is 0.998. The molecule has 0 spiro atoms. The van der Waals surface area contributed by atoms with E-state index in [0.717, 1.165) is 0 Å². The Morgan fingerprint density at radius 3 is 3.00 bits per heavy atom. The van der Waals surface area contributed by atoms with E-state index >= 15 is 0 Å². The van der Waals surface area contributed by atoms with Gasteiger partial charge in [0.25, 0.3) is 0 Å². The molecule has 1 heterocycles. The van der Waals surface area contributed by atoms with Crippen molar-refractivity contribution in [2.75, 3.05) is 6.67 Å². The molecule has 0 saturated carbocycles. The first-order chi connectivity index (χ1) is 2.89. The minimum Gasteiger partial charge on any atom is -0.236 e. The second kappa shape index (κ2) is 1.08. The van der Waals surface area contributed by atoms with Crippen molar-refractivity contribution >= 4 is 6.34 Å². The fraction of sp³-hybridized carbons (Fsp3) is 0.500. The smallest absolute Gasteiger partial charge is 0.236 e. The van der Waals surface area contributed by atoms with Gasteiger partial charge < -0.3 is 0 Å². The molecular formula is C2H5N4+. The summed E-state index contributed by atoms with van der Waals surface area (Å²) in [5.74, 6) is 5.10. The van der Waals surface area contributed by atoms with Gasteiger partial charge >= 0.3 is 6.34 Å². The van der Waals surface area contributed by atoms with E-state index in [4.69, 9.17) is 5.84 Å². The first-order valence-electron chi connectivity index (χ1n) is 1.60. The van der Waals surface area contributed by atoms with Crippen LogP contribution < -0.4 is 11.3 Å². The third kappa shape index (κ3) is 0.381. The third-order valence-corrected chi connectivity index (χ3v) is 0.499. The lowest BCUT2D eigenvalue weighted by Gasteiger charge is -1.84. The van der Waals surface area contributed by atoms with Crippen LogP contribution in [-0.4, -0.2) is 18.0 Å². The minimum atomic E-state index is 0.569. The number of hydrazine groups is 1. The molecule has 0 radical (unpaired) electrons. The Labute approximate surface area is 35.6 Å². The van der Waals surface area contributed by atoms with E-state index in [-0.39, 0.29) is 0 Å². The molecule has 6 heavy (non-hydrogen) atoms. The number of hydrogen-bond donors (Lipinski definition) is 2. The van der Waals surface area contributed by atoms with Crippen molar-refractivity contribution < 1.29 is 0 Å². The summed E-state index contributed by atoms with van der Waals surface area (Å²) < 4.78 is 0. The zero-order valence-electron chi connectivity index (χ0n) is 3.18. The number of nitrogens with one attached hydrogen (secondary N) is 1. The third-order valence-electron chi connectivity index (χ3n) is 0.499. The summed E-state index contributed by atoms with van der Waals surface area (Å²) in [6.07, 6.45) is 2.44. The van der Waals surface area contributed by atoms with Crippen LogP contribution >= 0.6 is 0 Å². The minimum absolute atomic E-state index is 0.569. The molecule has 32 valence electrons. The van der Waals surface area contributed by atoms with Crippen molar-refractivity contribution in [1.82, 2.24) is 10.4 Å². The Morgan fingerprint density at radius 1 is 2.00 bits per heavy atom. The first-order valence-corrected chi connectivity index (χ1v) is 1.60. The van der Waals surface area contributed by atoms with Crippen molar-refractivity contribution in [1.29, 1.82) is 0 Å². The molecule has 0 aromatic heterocycles. The standard InChI is InChI=1S/C2H5N4/c3-6-1-4-5-2-6/h4H,1,3H2/q+1. The summed E-state index contributed by atoms with van der Waals surface area (Å²) in [5.41, 5.74) is 2.59. The van der Waals surface area contributed by atoms with Gasteiger partial charge in [-0.15, -0.1) is 0 Å². The van der Waals surface area contributed by atoms with Crippen LogP contribution in [-0.2, 0) is 0 Å². The van der Waals surface area contributed by atoms with Gasteiger partial charge in [0.1, 0.15) is 5.10 Å². The highest BCUT2D eigenvalue weighted by Crippen LogP contribution is 1.72. The Hall–Kier alpha value is -0.860. The maximum absolute atomic E-state index is 5.10. The molecule has 0 aromatic rings. The van der Waals surface area contributed by atoms with Crippen molar-refractivity contribution in [3.63, 3.8) is 0 Å². The lowest BCUT2D eigenvalue weighted by molar-refractivity contribution is 0.454. The largest absolute Gasteiger partial charge is 0.560 e. The maximum Gasteiger partial charge on any atom is 0.560 e. The van der Waals surface area contributed by atoms with Crippen LogP contribution in [0.1, 0.15) is 0 Å². The van der Waals surface area contributed by atoms with Gasteiger partial charge in [0, 0.05) is 0 Å². The highest BCUT2D eigenvalue weighted by atomic mass is 15.6. The van der Waals surface area contributed by atoms with E-state index in [1.54, 1.807) is 0 Å². The molecule has 4 nitrogen and oxygen atoms in total. The average molecular weight is 85.1 g/mol. The van der Waals surface area contributed by atoms with Crippen LogP contribution in [0, 0.1) is 0 Å². The molecule has 0 fully saturated rings. The predicted octanol–water partition coefficient (Wildman–Crippen LogP) is -1.46. The fourth-order valence-corrected chi connectivity index (χ4v) is 0.246. The van der Waals surface area contributed by atoms with Crippen molar-refractivity contribution in [2.24, 2.45) is 10.9 Å². The molecule has 0 aliphatic carbocycles. The molecule has 1 rings (SSSR count). The molecule has 1 aliphatic heterocycles.